The van der Waals surface area contributed by atoms with Crippen LogP contribution in [0.5, 0.6) is 5.75 Å². The Labute approximate surface area is 214 Å². The third-order valence-corrected chi connectivity index (χ3v) is 5.33. The van der Waals surface area contributed by atoms with Crippen LogP contribution in [0, 0.1) is 0 Å². The van der Waals surface area contributed by atoms with Gasteiger partial charge in [0.1, 0.15) is 5.75 Å². The maximum absolute atomic E-state index is 9.86. The normalized spacial score (nSPS) is 11.6. The summed E-state index contributed by atoms with van der Waals surface area (Å²) >= 11 is 0. The summed E-state index contributed by atoms with van der Waals surface area (Å²) in [6, 6.07) is 38.9. The topological polar surface area (TPSA) is 94.4 Å². The smallest absolute Gasteiger partial charge is 0.115 e. The fourth-order valence-corrected chi connectivity index (χ4v) is 3.56. The predicted octanol–water partition coefficient (Wildman–Crippen LogP) is 10.3. The van der Waals surface area contributed by atoms with Gasteiger partial charge in [-0.1, -0.05) is 66.7 Å². The minimum absolute atomic E-state index is 0.164. The molecule has 0 spiro atoms. The SMILES string of the molecule is Oc1ccc(-c2c(N=Nc3ccccc3)cc(N=Nc3ccccc3)cc2N=Nc2ccccc2)cc1. The molecule has 37 heavy (non-hydrogen) atoms. The van der Waals surface area contributed by atoms with E-state index in [2.05, 4.69) is 30.7 Å². The number of phenols is 1. The van der Waals surface area contributed by atoms with E-state index in [0.29, 0.717) is 34.0 Å². The van der Waals surface area contributed by atoms with Gasteiger partial charge in [-0.3, -0.25) is 0 Å². The quantitative estimate of drug-likeness (QED) is 0.229. The van der Waals surface area contributed by atoms with Crippen molar-refractivity contribution in [3.05, 3.63) is 127 Å². The molecule has 5 aromatic carbocycles. The second-order valence-corrected chi connectivity index (χ2v) is 8.01. The first-order chi connectivity index (χ1) is 18.2. The van der Waals surface area contributed by atoms with E-state index in [1.807, 2.05) is 103 Å². The first-order valence-corrected chi connectivity index (χ1v) is 11.6. The van der Waals surface area contributed by atoms with Crippen LogP contribution >= 0.6 is 0 Å². The summed E-state index contributed by atoms with van der Waals surface area (Å²) in [5.74, 6) is 0.164. The highest BCUT2D eigenvalue weighted by Gasteiger charge is 2.14. The maximum atomic E-state index is 9.86. The van der Waals surface area contributed by atoms with E-state index in [4.69, 9.17) is 0 Å². The Morgan fingerprint density at radius 1 is 0.378 bits per heavy atom. The third-order valence-electron chi connectivity index (χ3n) is 5.33. The van der Waals surface area contributed by atoms with Gasteiger partial charge in [0, 0.05) is 5.56 Å². The van der Waals surface area contributed by atoms with Gasteiger partial charge in [-0.15, -0.1) is 10.2 Å². The Bertz CT molecular complexity index is 1480. The molecule has 0 aliphatic heterocycles. The molecule has 0 bridgehead atoms. The Balaban J connectivity index is 1.67. The first-order valence-electron chi connectivity index (χ1n) is 11.6. The number of rotatable bonds is 7. The number of azo groups is 3. The molecule has 0 aliphatic rings. The number of hydrogen-bond donors (Lipinski definition) is 1. The zero-order valence-electron chi connectivity index (χ0n) is 19.8. The van der Waals surface area contributed by atoms with E-state index in [0.717, 1.165) is 11.3 Å². The summed E-state index contributed by atoms with van der Waals surface area (Å²) in [7, 11) is 0. The van der Waals surface area contributed by atoms with E-state index in [-0.39, 0.29) is 5.75 Å². The summed E-state index contributed by atoms with van der Waals surface area (Å²) < 4.78 is 0. The first kappa shape index (κ1) is 23.4. The molecular formula is C30H22N6O. The molecular weight excluding hydrogens is 460 g/mol. The van der Waals surface area contributed by atoms with Crippen molar-refractivity contribution in [3.63, 3.8) is 0 Å². The molecule has 1 N–H and O–H groups in total. The van der Waals surface area contributed by atoms with Crippen LogP contribution in [-0.2, 0) is 0 Å². The minimum atomic E-state index is 0.164. The molecule has 5 rings (SSSR count). The molecule has 0 saturated heterocycles. The van der Waals surface area contributed by atoms with Crippen LogP contribution < -0.4 is 0 Å². The second-order valence-electron chi connectivity index (χ2n) is 8.01. The number of benzene rings is 5. The standard InChI is InChI=1S/C30H22N6O/c37-27-18-16-22(17-19-27)30-28(35-32-24-12-6-2-7-13-24)20-26(34-31-23-10-4-1-5-11-23)21-29(30)36-33-25-14-8-3-9-15-25/h1-21,37H. The van der Waals surface area contributed by atoms with Crippen LogP contribution in [-0.4, -0.2) is 5.11 Å². The van der Waals surface area contributed by atoms with Crippen LogP contribution in [0.15, 0.2) is 158 Å². The average Bonchev–Trinajstić information content (AvgIpc) is 2.96. The molecule has 7 heteroatoms. The molecule has 0 unspecified atom stereocenters. The Morgan fingerprint density at radius 3 is 1.19 bits per heavy atom. The predicted molar refractivity (Wildman–Crippen MR) is 145 cm³/mol. The molecule has 178 valence electrons. The molecule has 0 fully saturated rings. The molecule has 0 aliphatic carbocycles. The number of nitrogens with zero attached hydrogens (tertiary/aromatic N) is 6. The highest BCUT2D eigenvalue weighted by atomic mass is 16.3. The van der Waals surface area contributed by atoms with E-state index in [1.165, 1.54) is 0 Å². The lowest BCUT2D eigenvalue weighted by Crippen LogP contribution is -1.82. The average molecular weight is 483 g/mol. The lowest BCUT2D eigenvalue weighted by atomic mass is 10.0. The van der Waals surface area contributed by atoms with E-state index in [9.17, 15) is 5.11 Å². The van der Waals surface area contributed by atoms with Gasteiger partial charge in [0.2, 0.25) is 0 Å². The monoisotopic (exact) mass is 482 g/mol. The van der Waals surface area contributed by atoms with Gasteiger partial charge in [-0.25, -0.2) is 0 Å². The van der Waals surface area contributed by atoms with Gasteiger partial charge in [0.25, 0.3) is 0 Å². The second kappa shape index (κ2) is 11.4. The number of phenolic OH excluding ortho intramolecular Hbond substituents is 1. The van der Waals surface area contributed by atoms with Crippen molar-refractivity contribution in [1.82, 2.24) is 0 Å². The largest absolute Gasteiger partial charge is 0.508 e. The van der Waals surface area contributed by atoms with Crippen molar-refractivity contribution >= 4 is 34.1 Å². The fraction of sp³-hybridized carbons (Fsp3) is 0. The van der Waals surface area contributed by atoms with E-state index >= 15 is 0 Å². The Kier molecular flexibility index (Phi) is 7.23. The van der Waals surface area contributed by atoms with Crippen molar-refractivity contribution in [2.75, 3.05) is 0 Å². The van der Waals surface area contributed by atoms with Crippen LogP contribution in [0.3, 0.4) is 0 Å². The van der Waals surface area contributed by atoms with Gasteiger partial charge in [0.05, 0.1) is 34.1 Å². The van der Waals surface area contributed by atoms with Gasteiger partial charge in [-0.05, 0) is 66.2 Å². The van der Waals surface area contributed by atoms with Crippen molar-refractivity contribution < 1.29 is 5.11 Å². The van der Waals surface area contributed by atoms with Crippen LogP contribution in [0.25, 0.3) is 11.1 Å². The van der Waals surface area contributed by atoms with Crippen molar-refractivity contribution in [3.8, 4) is 16.9 Å². The lowest BCUT2D eigenvalue weighted by molar-refractivity contribution is 0.475. The zero-order chi connectivity index (χ0) is 25.3. The van der Waals surface area contributed by atoms with E-state index in [1.54, 1.807) is 24.3 Å². The highest BCUT2D eigenvalue weighted by molar-refractivity contribution is 5.88. The lowest BCUT2D eigenvalue weighted by Gasteiger charge is -2.10. The number of aromatic hydroxyl groups is 1. The molecule has 5 aromatic rings. The fourth-order valence-electron chi connectivity index (χ4n) is 3.56. The Morgan fingerprint density at radius 2 is 0.757 bits per heavy atom. The Hall–Kier alpha value is -5.30. The maximum Gasteiger partial charge on any atom is 0.115 e. The van der Waals surface area contributed by atoms with Gasteiger partial charge in [0.15, 0.2) is 0 Å². The molecule has 0 amide bonds. The number of hydrogen-bond acceptors (Lipinski definition) is 7. The minimum Gasteiger partial charge on any atom is -0.508 e. The van der Waals surface area contributed by atoms with Crippen molar-refractivity contribution in [2.24, 2.45) is 30.7 Å². The van der Waals surface area contributed by atoms with Crippen molar-refractivity contribution in [1.29, 1.82) is 0 Å². The van der Waals surface area contributed by atoms with Gasteiger partial charge in [-0.2, -0.15) is 20.5 Å². The molecule has 0 saturated carbocycles. The summed E-state index contributed by atoms with van der Waals surface area (Å²) in [6.07, 6.45) is 0. The summed E-state index contributed by atoms with van der Waals surface area (Å²) in [4.78, 5) is 0. The molecule has 7 nitrogen and oxygen atoms in total. The van der Waals surface area contributed by atoms with Crippen LogP contribution in [0.2, 0.25) is 0 Å². The summed E-state index contributed by atoms with van der Waals surface area (Å²) in [5.41, 5.74) is 5.29. The highest BCUT2D eigenvalue weighted by Crippen LogP contribution is 2.44. The van der Waals surface area contributed by atoms with Crippen LogP contribution in [0.1, 0.15) is 0 Å². The van der Waals surface area contributed by atoms with E-state index < -0.39 is 0 Å². The zero-order valence-corrected chi connectivity index (χ0v) is 19.8. The third kappa shape index (κ3) is 6.23. The molecule has 0 radical (unpaired) electrons. The van der Waals surface area contributed by atoms with Gasteiger partial charge >= 0.3 is 0 Å². The van der Waals surface area contributed by atoms with Gasteiger partial charge < -0.3 is 5.11 Å². The molecule has 0 aromatic heterocycles. The summed E-state index contributed by atoms with van der Waals surface area (Å²) in [6.45, 7) is 0. The molecule has 0 heterocycles. The molecule has 0 atom stereocenters. The van der Waals surface area contributed by atoms with Crippen LogP contribution in [0.4, 0.5) is 34.1 Å². The summed E-state index contributed by atoms with van der Waals surface area (Å²) in [5, 5.41) is 36.6. The van der Waals surface area contributed by atoms with Crippen molar-refractivity contribution in [2.45, 2.75) is 0 Å².